The van der Waals surface area contributed by atoms with Crippen molar-refractivity contribution >= 4 is 17.6 Å². The summed E-state index contributed by atoms with van der Waals surface area (Å²) in [6.07, 6.45) is -0.0675. The van der Waals surface area contributed by atoms with Crippen molar-refractivity contribution in [3.63, 3.8) is 0 Å². The predicted octanol–water partition coefficient (Wildman–Crippen LogP) is 2.49. The number of carboxylic acid groups (broad SMARTS) is 1. The van der Waals surface area contributed by atoms with Gasteiger partial charge in [-0.25, -0.2) is 4.79 Å². The van der Waals surface area contributed by atoms with Crippen LogP contribution in [0.4, 0.5) is 0 Å². The highest BCUT2D eigenvalue weighted by atomic mass is 35.5. The molecule has 1 atom stereocenters. The Morgan fingerprint density at radius 2 is 2.21 bits per heavy atom. The summed E-state index contributed by atoms with van der Waals surface area (Å²) < 4.78 is 16.3. The van der Waals surface area contributed by atoms with Gasteiger partial charge in [-0.05, 0) is 24.6 Å². The number of benzene rings is 1. The number of rotatable bonds is 4. The van der Waals surface area contributed by atoms with Gasteiger partial charge < -0.3 is 19.3 Å². The third-order valence-corrected chi connectivity index (χ3v) is 2.99. The van der Waals surface area contributed by atoms with E-state index >= 15 is 0 Å². The Hall–Kier alpha value is -1.46. The Balaban J connectivity index is 2.12. The lowest BCUT2D eigenvalue weighted by Crippen LogP contribution is -2.19. The average Bonchev–Trinajstić information content (AvgIpc) is 2.61. The van der Waals surface area contributed by atoms with Crippen LogP contribution in [0.5, 0.6) is 11.5 Å². The van der Waals surface area contributed by atoms with Crippen molar-refractivity contribution in [1.29, 1.82) is 0 Å². The zero-order valence-corrected chi connectivity index (χ0v) is 11.3. The van der Waals surface area contributed by atoms with E-state index in [1.54, 1.807) is 12.1 Å². The van der Waals surface area contributed by atoms with Crippen LogP contribution in [0.2, 0.25) is 5.02 Å². The van der Waals surface area contributed by atoms with Gasteiger partial charge in [0.25, 0.3) is 0 Å². The fourth-order valence-corrected chi connectivity index (χ4v) is 1.95. The summed E-state index contributed by atoms with van der Waals surface area (Å²) >= 11 is 6.12. The van der Waals surface area contributed by atoms with Gasteiger partial charge in [-0.2, -0.15) is 0 Å². The van der Waals surface area contributed by atoms with E-state index in [1.807, 2.05) is 0 Å². The SMILES string of the molecule is C[C@H](OCc1cc(Cl)c2c(c1)OCCCO2)C(=O)O. The second-order valence-electron chi connectivity index (χ2n) is 4.25. The maximum absolute atomic E-state index is 10.7. The zero-order valence-electron chi connectivity index (χ0n) is 10.5. The summed E-state index contributed by atoms with van der Waals surface area (Å²) in [6.45, 7) is 2.77. The van der Waals surface area contributed by atoms with Crippen LogP contribution in [0.25, 0.3) is 0 Å². The quantitative estimate of drug-likeness (QED) is 0.921. The molecule has 0 aromatic heterocycles. The van der Waals surface area contributed by atoms with Crippen molar-refractivity contribution < 1.29 is 24.1 Å². The topological polar surface area (TPSA) is 65.0 Å². The van der Waals surface area contributed by atoms with Gasteiger partial charge >= 0.3 is 5.97 Å². The largest absolute Gasteiger partial charge is 0.489 e. The highest BCUT2D eigenvalue weighted by Gasteiger charge is 2.17. The minimum absolute atomic E-state index is 0.157. The van der Waals surface area contributed by atoms with Crippen molar-refractivity contribution in [2.45, 2.75) is 26.1 Å². The minimum atomic E-state index is -1.000. The molecule has 1 heterocycles. The van der Waals surface area contributed by atoms with E-state index in [2.05, 4.69) is 0 Å². The fraction of sp³-hybridized carbons (Fsp3) is 0.462. The first-order valence-electron chi connectivity index (χ1n) is 6.00. The normalized spacial score (nSPS) is 15.7. The highest BCUT2D eigenvalue weighted by Crippen LogP contribution is 2.38. The van der Waals surface area contributed by atoms with Crippen LogP contribution in [-0.4, -0.2) is 30.4 Å². The van der Waals surface area contributed by atoms with Gasteiger partial charge in [0.05, 0.1) is 24.8 Å². The van der Waals surface area contributed by atoms with E-state index in [0.717, 1.165) is 12.0 Å². The third kappa shape index (κ3) is 3.52. The van der Waals surface area contributed by atoms with E-state index in [4.69, 9.17) is 30.9 Å². The van der Waals surface area contributed by atoms with Gasteiger partial charge in [-0.3, -0.25) is 0 Å². The van der Waals surface area contributed by atoms with Crippen LogP contribution in [0, 0.1) is 0 Å². The molecular formula is C13H15ClO5. The highest BCUT2D eigenvalue weighted by molar-refractivity contribution is 6.32. The van der Waals surface area contributed by atoms with E-state index in [-0.39, 0.29) is 6.61 Å². The molecule has 0 saturated carbocycles. The Morgan fingerprint density at radius 1 is 1.47 bits per heavy atom. The molecule has 0 bridgehead atoms. The second-order valence-corrected chi connectivity index (χ2v) is 4.65. The first-order chi connectivity index (χ1) is 9.08. The van der Waals surface area contributed by atoms with Gasteiger partial charge in [-0.15, -0.1) is 0 Å². The molecule has 5 nitrogen and oxygen atoms in total. The molecule has 1 aliphatic heterocycles. The van der Waals surface area contributed by atoms with Gasteiger partial charge in [0.15, 0.2) is 17.6 Å². The molecule has 1 aromatic rings. The van der Waals surface area contributed by atoms with Crippen LogP contribution in [0.15, 0.2) is 12.1 Å². The first kappa shape index (κ1) is 14.0. The Bertz CT molecular complexity index is 474. The van der Waals surface area contributed by atoms with Crippen LogP contribution < -0.4 is 9.47 Å². The van der Waals surface area contributed by atoms with Crippen LogP contribution in [0.1, 0.15) is 18.9 Å². The molecule has 1 aromatic carbocycles. The van der Waals surface area contributed by atoms with Crippen LogP contribution in [0.3, 0.4) is 0 Å². The van der Waals surface area contributed by atoms with E-state index in [1.165, 1.54) is 6.92 Å². The molecule has 104 valence electrons. The van der Waals surface area contributed by atoms with E-state index < -0.39 is 12.1 Å². The molecule has 2 rings (SSSR count). The van der Waals surface area contributed by atoms with Crippen molar-refractivity contribution in [2.24, 2.45) is 0 Å². The summed E-state index contributed by atoms with van der Waals surface area (Å²) in [5.41, 5.74) is 0.752. The number of halogens is 1. The second kappa shape index (κ2) is 6.12. The smallest absolute Gasteiger partial charge is 0.332 e. The minimum Gasteiger partial charge on any atom is -0.489 e. The van der Waals surface area contributed by atoms with Crippen LogP contribution >= 0.6 is 11.6 Å². The molecule has 0 radical (unpaired) electrons. The van der Waals surface area contributed by atoms with E-state index in [9.17, 15) is 4.79 Å². The molecule has 0 unspecified atom stereocenters. The third-order valence-electron chi connectivity index (χ3n) is 2.71. The number of ether oxygens (including phenoxy) is 3. The lowest BCUT2D eigenvalue weighted by Gasteiger charge is -2.13. The molecule has 0 fully saturated rings. The molecule has 6 heteroatoms. The van der Waals surface area contributed by atoms with Gasteiger partial charge in [0.2, 0.25) is 0 Å². The molecule has 0 saturated heterocycles. The van der Waals surface area contributed by atoms with Crippen LogP contribution in [-0.2, 0) is 16.1 Å². The number of hydrogen-bond donors (Lipinski definition) is 1. The molecule has 0 aliphatic carbocycles. The Morgan fingerprint density at radius 3 is 2.95 bits per heavy atom. The van der Waals surface area contributed by atoms with E-state index in [0.29, 0.717) is 29.7 Å². The van der Waals surface area contributed by atoms with Crippen molar-refractivity contribution in [3.05, 3.63) is 22.7 Å². The Kier molecular flexibility index (Phi) is 4.50. The lowest BCUT2D eigenvalue weighted by molar-refractivity contribution is -0.149. The Labute approximate surface area is 116 Å². The van der Waals surface area contributed by atoms with Crippen molar-refractivity contribution in [3.8, 4) is 11.5 Å². The van der Waals surface area contributed by atoms with Gasteiger partial charge in [0, 0.05) is 6.42 Å². The van der Waals surface area contributed by atoms with Gasteiger partial charge in [0.1, 0.15) is 0 Å². The number of hydrogen-bond acceptors (Lipinski definition) is 4. The number of carbonyl (C=O) groups is 1. The zero-order chi connectivity index (χ0) is 13.8. The average molecular weight is 287 g/mol. The van der Waals surface area contributed by atoms with Crippen molar-refractivity contribution in [1.82, 2.24) is 0 Å². The molecule has 0 spiro atoms. The maximum Gasteiger partial charge on any atom is 0.332 e. The first-order valence-corrected chi connectivity index (χ1v) is 6.38. The molecule has 1 aliphatic rings. The van der Waals surface area contributed by atoms with Crippen molar-refractivity contribution in [2.75, 3.05) is 13.2 Å². The lowest BCUT2D eigenvalue weighted by atomic mass is 10.2. The molecule has 0 amide bonds. The number of fused-ring (bicyclic) bond motifs is 1. The summed E-state index contributed by atoms with van der Waals surface area (Å²) in [6, 6.07) is 3.46. The standard InChI is InChI=1S/C13H15ClO5/c1-8(13(15)16)19-7-9-5-10(14)12-11(6-9)17-3-2-4-18-12/h5-6,8H,2-4,7H2,1H3,(H,15,16)/t8-/m0/s1. The number of aliphatic carboxylic acids is 1. The number of carboxylic acids is 1. The maximum atomic E-state index is 10.7. The fourth-order valence-electron chi connectivity index (χ4n) is 1.66. The predicted molar refractivity (Wildman–Crippen MR) is 68.9 cm³/mol. The summed E-state index contributed by atoms with van der Waals surface area (Å²) in [5.74, 6) is 0.112. The van der Waals surface area contributed by atoms with Gasteiger partial charge in [-0.1, -0.05) is 11.6 Å². The summed E-state index contributed by atoms with van der Waals surface area (Å²) in [7, 11) is 0. The summed E-state index contributed by atoms with van der Waals surface area (Å²) in [5, 5.41) is 9.19. The summed E-state index contributed by atoms with van der Waals surface area (Å²) in [4.78, 5) is 10.7. The monoisotopic (exact) mass is 286 g/mol. The molecular weight excluding hydrogens is 272 g/mol. The molecule has 1 N–H and O–H groups in total. The molecule has 19 heavy (non-hydrogen) atoms.